The van der Waals surface area contributed by atoms with Gasteiger partial charge in [0.15, 0.2) is 5.72 Å². The zero-order valence-electron chi connectivity index (χ0n) is 14.7. The second-order valence-corrected chi connectivity index (χ2v) is 6.61. The number of benzene rings is 2. The van der Waals surface area contributed by atoms with Crippen LogP contribution in [0.4, 0.5) is 0 Å². The first kappa shape index (κ1) is 18.9. The number of hydrogen-bond acceptors (Lipinski definition) is 4. The maximum atomic E-state index is 12.8. The van der Waals surface area contributed by atoms with Gasteiger partial charge in [-0.05, 0) is 24.3 Å². The van der Waals surface area contributed by atoms with Crippen molar-refractivity contribution in [3.8, 4) is 0 Å². The molecule has 0 aliphatic rings. The highest BCUT2D eigenvalue weighted by molar-refractivity contribution is 6.31. The number of aliphatic hydroxyl groups is 1. The van der Waals surface area contributed by atoms with E-state index in [4.69, 9.17) is 11.6 Å². The number of methoxy groups -OCH3 is 1. The summed E-state index contributed by atoms with van der Waals surface area (Å²) >= 11 is 5.98. The van der Waals surface area contributed by atoms with Crippen LogP contribution in [0.25, 0.3) is 10.9 Å². The fourth-order valence-corrected chi connectivity index (χ4v) is 3.04. The number of halogens is 1. The van der Waals surface area contributed by atoms with Crippen molar-refractivity contribution in [2.75, 3.05) is 7.11 Å². The summed E-state index contributed by atoms with van der Waals surface area (Å²) in [7, 11) is 1.28. The molecule has 2 aromatic carbocycles. The highest BCUT2D eigenvalue weighted by Gasteiger charge is 2.32. The van der Waals surface area contributed by atoms with Gasteiger partial charge < -0.3 is 20.1 Å². The Bertz CT molecular complexity index is 971. The third-order valence-electron chi connectivity index (χ3n) is 4.32. The summed E-state index contributed by atoms with van der Waals surface area (Å²) < 4.78 is 4.64. The number of aromatic nitrogens is 1. The van der Waals surface area contributed by atoms with Crippen LogP contribution in [0.2, 0.25) is 5.02 Å². The topological polar surface area (TPSA) is 91.4 Å². The fourth-order valence-electron chi connectivity index (χ4n) is 2.86. The van der Waals surface area contributed by atoms with Gasteiger partial charge in [0.05, 0.1) is 13.5 Å². The lowest BCUT2D eigenvalue weighted by Gasteiger charge is -2.29. The van der Waals surface area contributed by atoms with E-state index in [2.05, 4.69) is 15.0 Å². The molecule has 1 unspecified atom stereocenters. The molecule has 140 valence electrons. The van der Waals surface area contributed by atoms with E-state index in [1.807, 2.05) is 0 Å². The van der Waals surface area contributed by atoms with E-state index in [0.717, 1.165) is 10.9 Å². The lowest BCUT2D eigenvalue weighted by Crippen LogP contribution is -2.46. The molecule has 0 aliphatic carbocycles. The van der Waals surface area contributed by atoms with Crippen LogP contribution >= 0.6 is 11.6 Å². The maximum Gasteiger partial charge on any atom is 0.305 e. The van der Waals surface area contributed by atoms with Crippen molar-refractivity contribution in [3.05, 3.63) is 70.9 Å². The molecule has 1 atom stereocenters. The van der Waals surface area contributed by atoms with Crippen molar-refractivity contribution < 1.29 is 19.4 Å². The smallest absolute Gasteiger partial charge is 0.305 e. The molecule has 0 fully saturated rings. The molecule has 3 rings (SSSR count). The number of carbonyl (C=O) groups is 2. The van der Waals surface area contributed by atoms with E-state index < -0.39 is 17.6 Å². The predicted molar refractivity (Wildman–Crippen MR) is 102 cm³/mol. The van der Waals surface area contributed by atoms with Crippen LogP contribution in [0.5, 0.6) is 0 Å². The number of nitrogens with one attached hydrogen (secondary N) is 2. The number of H-pyrrole nitrogens is 1. The Balaban J connectivity index is 1.87. The molecule has 3 N–H and O–H groups in total. The minimum atomic E-state index is -1.72. The van der Waals surface area contributed by atoms with Gasteiger partial charge in [0.25, 0.3) is 5.91 Å². The van der Waals surface area contributed by atoms with Crippen LogP contribution < -0.4 is 5.32 Å². The Hall–Kier alpha value is -2.83. The summed E-state index contributed by atoms with van der Waals surface area (Å²) in [5.41, 5.74) is -0.218. The van der Waals surface area contributed by atoms with Gasteiger partial charge in [0, 0.05) is 27.9 Å². The Labute approximate surface area is 161 Å². The number of esters is 1. The second kappa shape index (κ2) is 7.82. The minimum absolute atomic E-state index is 0.0263. The van der Waals surface area contributed by atoms with Crippen molar-refractivity contribution in [2.45, 2.75) is 18.6 Å². The third kappa shape index (κ3) is 4.30. The molecule has 0 bridgehead atoms. The Kier molecular flexibility index (Phi) is 5.48. The molecule has 6 nitrogen and oxygen atoms in total. The highest BCUT2D eigenvalue weighted by atomic mass is 35.5. The Morgan fingerprint density at radius 3 is 2.63 bits per heavy atom. The first-order valence-electron chi connectivity index (χ1n) is 8.37. The van der Waals surface area contributed by atoms with Crippen LogP contribution in [0.1, 0.15) is 28.9 Å². The highest BCUT2D eigenvalue weighted by Crippen LogP contribution is 2.25. The molecule has 3 aromatic rings. The molecule has 0 saturated carbocycles. The lowest BCUT2D eigenvalue weighted by molar-refractivity contribution is -0.142. The van der Waals surface area contributed by atoms with Crippen molar-refractivity contribution in [2.24, 2.45) is 0 Å². The summed E-state index contributed by atoms with van der Waals surface area (Å²) in [6.07, 6.45) is -0.0774. The standard InChI is InChI=1S/C20H19ClN2O4/c1-27-18(24)9-10-20(26,14-5-3-2-4-6-14)23-19(25)17-12-13-11-15(21)7-8-16(13)22-17/h2-8,11-12,22,26H,9-10H2,1H3,(H,23,25). The first-order valence-corrected chi connectivity index (χ1v) is 8.74. The van der Waals surface area contributed by atoms with E-state index >= 15 is 0 Å². The van der Waals surface area contributed by atoms with Crippen molar-refractivity contribution in [1.82, 2.24) is 10.3 Å². The summed E-state index contributed by atoms with van der Waals surface area (Å²) in [5.74, 6) is -0.975. The average Bonchev–Trinajstić information content (AvgIpc) is 3.10. The molecule has 27 heavy (non-hydrogen) atoms. The summed E-state index contributed by atoms with van der Waals surface area (Å²) in [6.45, 7) is 0. The number of carbonyl (C=O) groups excluding carboxylic acids is 2. The summed E-state index contributed by atoms with van der Waals surface area (Å²) in [6, 6.07) is 15.5. The van der Waals surface area contributed by atoms with E-state index in [9.17, 15) is 14.7 Å². The van der Waals surface area contributed by atoms with Gasteiger partial charge in [-0.1, -0.05) is 41.9 Å². The van der Waals surface area contributed by atoms with Gasteiger partial charge in [-0.25, -0.2) is 0 Å². The number of hydrogen-bond donors (Lipinski definition) is 3. The Morgan fingerprint density at radius 2 is 1.93 bits per heavy atom. The van der Waals surface area contributed by atoms with E-state index in [1.54, 1.807) is 54.6 Å². The molecular formula is C20H19ClN2O4. The zero-order chi connectivity index (χ0) is 19.4. The fraction of sp³-hybridized carbons (Fsp3) is 0.200. The van der Waals surface area contributed by atoms with Gasteiger partial charge in [-0.2, -0.15) is 0 Å². The van der Waals surface area contributed by atoms with Crippen molar-refractivity contribution in [3.63, 3.8) is 0 Å². The monoisotopic (exact) mass is 386 g/mol. The zero-order valence-corrected chi connectivity index (χ0v) is 15.4. The van der Waals surface area contributed by atoms with Crippen LogP contribution in [-0.4, -0.2) is 29.1 Å². The van der Waals surface area contributed by atoms with Crippen LogP contribution in [0, 0.1) is 0 Å². The molecule has 7 heteroatoms. The molecule has 0 saturated heterocycles. The number of amides is 1. The second-order valence-electron chi connectivity index (χ2n) is 6.17. The number of aromatic amines is 1. The molecule has 1 amide bonds. The molecular weight excluding hydrogens is 368 g/mol. The quantitative estimate of drug-likeness (QED) is 0.447. The normalized spacial score (nSPS) is 13.1. The number of rotatable bonds is 6. The van der Waals surface area contributed by atoms with Crippen molar-refractivity contribution in [1.29, 1.82) is 0 Å². The number of fused-ring (bicyclic) bond motifs is 1. The van der Waals surface area contributed by atoms with Gasteiger partial charge >= 0.3 is 5.97 Å². The molecule has 0 spiro atoms. The van der Waals surface area contributed by atoms with E-state index in [1.165, 1.54) is 7.11 Å². The van der Waals surface area contributed by atoms with Crippen molar-refractivity contribution >= 4 is 34.4 Å². The predicted octanol–water partition coefficient (Wildman–Crippen LogP) is 3.35. The van der Waals surface area contributed by atoms with E-state index in [-0.39, 0.29) is 18.5 Å². The lowest BCUT2D eigenvalue weighted by atomic mass is 9.97. The van der Waals surface area contributed by atoms with E-state index in [0.29, 0.717) is 10.6 Å². The Morgan fingerprint density at radius 1 is 1.19 bits per heavy atom. The molecule has 0 aliphatic heterocycles. The maximum absolute atomic E-state index is 12.8. The summed E-state index contributed by atoms with van der Waals surface area (Å²) in [5, 5.41) is 15.1. The number of ether oxygens (including phenoxy) is 1. The van der Waals surface area contributed by atoms with Gasteiger partial charge in [-0.3, -0.25) is 9.59 Å². The average molecular weight is 387 g/mol. The SMILES string of the molecule is COC(=O)CCC(O)(NC(=O)c1cc2cc(Cl)ccc2[nH]1)c1ccccc1. The molecule has 0 radical (unpaired) electrons. The van der Waals surface area contributed by atoms with Gasteiger partial charge in [0.2, 0.25) is 0 Å². The first-order chi connectivity index (χ1) is 12.9. The molecule has 1 aromatic heterocycles. The largest absolute Gasteiger partial charge is 0.469 e. The van der Waals surface area contributed by atoms with Crippen LogP contribution in [-0.2, 0) is 15.3 Å². The van der Waals surface area contributed by atoms with Gasteiger partial charge in [0.1, 0.15) is 5.69 Å². The molecule has 1 heterocycles. The third-order valence-corrected chi connectivity index (χ3v) is 4.55. The van der Waals surface area contributed by atoms with Crippen LogP contribution in [0.15, 0.2) is 54.6 Å². The minimum Gasteiger partial charge on any atom is -0.469 e. The van der Waals surface area contributed by atoms with Crippen LogP contribution in [0.3, 0.4) is 0 Å². The van der Waals surface area contributed by atoms with Gasteiger partial charge in [-0.15, -0.1) is 0 Å². The summed E-state index contributed by atoms with van der Waals surface area (Å²) in [4.78, 5) is 27.3.